The number of nitrogens with two attached hydrogens (primary N) is 3. The van der Waals surface area contributed by atoms with Gasteiger partial charge in [0.2, 0.25) is 59.1 Å². The van der Waals surface area contributed by atoms with E-state index in [1.54, 1.807) is 20.8 Å². The van der Waals surface area contributed by atoms with Gasteiger partial charge in [-0.15, -0.1) is 0 Å². The summed E-state index contributed by atoms with van der Waals surface area (Å²) >= 11 is 0. The fraction of sp³-hybridized carbons (Fsp3) is 0.685. The molecule has 2 rings (SSSR count). The summed E-state index contributed by atoms with van der Waals surface area (Å²) < 4.78 is 0. The van der Waals surface area contributed by atoms with Crippen LogP contribution >= 0.6 is 0 Å². The number of hydrogen-bond acceptors (Lipinski definition) is 15. The monoisotopic (exact) mass is 1160 g/mol. The second-order valence-electron chi connectivity index (χ2n) is 21.3. The van der Waals surface area contributed by atoms with Crippen LogP contribution in [0.15, 0.2) is 23.5 Å². The Hall–Kier alpha value is -7.49. The molecule has 13 amide bonds. The zero-order valence-electron chi connectivity index (χ0n) is 48.7. The number of likely N-dealkylation sites (N-methyl/N-ethyl adjacent to an activating group) is 1. The molecule has 2 aliphatic rings. The number of amides is 13. The van der Waals surface area contributed by atoms with Gasteiger partial charge in [-0.1, -0.05) is 91.2 Å². The zero-order chi connectivity index (χ0) is 62.1. The van der Waals surface area contributed by atoms with E-state index in [0.29, 0.717) is 12.8 Å². The van der Waals surface area contributed by atoms with E-state index < -0.39 is 186 Å². The van der Waals surface area contributed by atoms with Crippen molar-refractivity contribution in [2.24, 2.45) is 29.0 Å². The Kier molecular flexibility index (Phi) is 29.9. The molecule has 0 radical (unpaired) electrons. The molecule has 2 heterocycles. The van der Waals surface area contributed by atoms with Gasteiger partial charge in [0.15, 0.2) is 6.10 Å². The number of carbonyl (C=O) groups excluding carboxylic acids is 13. The van der Waals surface area contributed by atoms with Crippen LogP contribution in [-0.2, 0) is 62.3 Å². The van der Waals surface area contributed by atoms with Crippen LogP contribution in [0.4, 0.5) is 0 Å². The van der Waals surface area contributed by atoms with Gasteiger partial charge in [0.1, 0.15) is 53.7 Å². The maximum Gasteiger partial charge on any atom is 0.268 e. The quantitative estimate of drug-likeness (QED) is 0.0465. The SMILES string of the molecule is CC=C1NC(=O)C(CCC(N)=O)NC(=O)C(=CC)NC(=O)C(C(C)C)NC(=O)C(O)C(C(C)CCCCCCCCCC)NC(=O)C2CCCN2C(=O)C(CC(N)=O)N(C)C(=O)C(C(C)O)NC(=O)C(C)NC(=O)C(CC(N)=O)NC1=O. The molecule has 28 nitrogen and oxygen atoms in total. The standard InChI is InChI=1S/C54H89N13O15/c1-10-13-14-15-16-17-18-19-21-29(6)42-44(72)52(80)63-41(28(4)5)51(79)60-33(12-3)46(74)61-34(23-24-38(55)69)48(76)59-32(11-2)47(75)62-35(26-39(56)70)49(77)58-30(7)45(73)65-43(31(8)68)54(82)66(9)37(27-40(57)71)53(81)67-25-20-22-36(67)50(78)64-42/h11-12,28-31,34-37,41-44,68,72H,10,13-27H2,1-9H3,(H2,55,69)(H2,56,70)(H2,57,71)(H,58,77)(H,59,76)(H,60,79)(H,61,74)(H,62,75)(H,63,80)(H,64,78)(H,65,73). The van der Waals surface area contributed by atoms with Gasteiger partial charge >= 0.3 is 0 Å². The second-order valence-corrected chi connectivity index (χ2v) is 21.3. The fourth-order valence-electron chi connectivity index (χ4n) is 9.39. The summed E-state index contributed by atoms with van der Waals surface area (Å²) in [6.07, 6.45) is 4.51. The summed E-state index contributed by atoms with van der Waals surface area (Å²) in [7, 11) is 1.10. The lowest BCUT2D eigenvalue weighted by molar-refractivity contribution is -0.151. The number of rotatable bonds is 19. The Morgan fingerprint density at radius 3 is 1.70 bits per heavy atom. The van der Waals surface area contributed by atoms with Gasteiger partial charge in [0.05, 0.1) is 25.0 Å². The third-order valence-corrected chi connectivity index (χ3v) is 14.3. The van der Waals surface area contributed by atoms with Gasteiger partial charge in [0.25, 0.3) is 17.7 Å². The third kappa shape index (κ3) is 22.1. The average Bonchev–Trinajstić information content (AvgIpc) is 4.12. The van der Waals surface area contributed by atoms with E-state index in [1.807, 2.05) is 0 Å². The Balaban J connectivity index is 2.80. The molecule has 0 aromatic rings. The van der Waals surface area contributed by atoms with Crippen LogP contribution < -0.4 is 59.7 Å². The molecule has 0 aliphatic carbocycles. The molecule has 460 valence electrons. The zero-order valence-corrected chi connectivity index (χ0v) is 48.7. The van der Waals surface area contributed by atoms with Crippen molar-refractivity contribution in [3.05, 3.63) is 23.5 Å². The van der Waals surface area contributed by atoms with E-state index in [4.69, 9.17) is 17.2 Å². The molecule has 11 unspecified atom stereocenters. The number of allylic oxidation sites excluding steroid dienone is 2. The van der Waals surface area contributed by atoms with Crippen LogP contribution in [0, 0.1) is 11.8 Å². The van der Waals surface area contributed by atoms with Gasteiger partial charge in [-0.3, -0.25) is 62.3 Å². The summed E-state index contributed by atoms with van der Waals surface area (Å²) in [5, 5.41) is 42.0. The summed E-state index contributed by atoms with van der Waals surface area (Å²) in [5.41, 5.74) is 15.4. The van der Waals surface area contributed by atoms with E-state index >= 15 is 0 Å². The highest BCUT2D eigenvalue weighted by molar-refractivity contribution is 6.05. The minimum absolute atomic E-state index is 0.0589. The minimum atomic E-state index is -2.01. The lowest BCUT2D eigenvalue weighted by Crippen LogP contribution is -2.62. The lowest BCUT2D eigenvalue weighted by Gasteiger charge is -2.36. The topological polar surface area (TPSA) is 443 Å². The van der Waals surface area contributed by atoms with Crippen LogP contribution in [-0.4, -0.2) is 171 Å². The Morgan fingerprint density at radius 1 is 0.634 bits per heavy atom. The number of primary amides is 3. The summed E-state index contributed by atoms with van der Waals surface area (Å²) in [6, 6.07) is -12.7. The third-order valence-electron chi connectivity index (χ3n) is 14.3. The molecule has 2 saturated heterocycles. The molecule has 28 heteroatoms. The molecule has 82 heavy (non-hydrogen) atoms. The normalized spacial score (nSPS) is 26.7. The maximum absolute atomic E-state index is 14.6. The maximum atomic E-state index is 14.6. The first-order valence-electron chi connectivity index (χ1n) is 28.1. The van der Waals surface area contributed by atoms with E-state index in [9.17, 15) is 72.5 Å². The van der Waals surface area contributed by atoms with Crippen molar-refractivity contribution < 1.29 is 72.5 Å². The number of hydrogen-bond donors (Lipinski definition) is 13. The average molecular weight is 1160 g/mol. The molecule has 11 atom stereocenters. The summed E-state index contributed by atoms with van der Waals surface area (Å²) in [4.78, 5) is 179. The van der Waals surface area contributed by atoms with Crippen LogP contribution in [0.25, 0.3) is 0 Å². The summed E-state index contributed by atoms with van der Waals surface area (Å²) in [5.74, 6) is -14.9. The number of nitrogens with one attached hydrogen (secondary N) is 8. The van der Waals surface area contributed by atoms with Gasteiger partial charge in [-0.05, 0) is 65.2 Å². The molecule has 16 N–H and O–H groups in total. The fourth-order valence-corrected chi connectivity index (χ4v) is 9.39. The predicted molar refractivity (Wildman–Crippen MR) is 297 cm³/mol. The molecule has 2 aliphatic heterocycles. The smallest absolute Gasteiger partial charge is 0.268 e. The second kappa shape index (κ2) is 34.7. The van der Waals surface area contributed by atoms with Crippen molar-refractivity contribution in [2.75, 3.05) is 13.6 Å². The highest BCUT2D eigenvalue weighted by Gasteiger charge is 2.44. The first kappa shape index (κ1) is 70.6. The molecule has 0 aromatic heterocycles. The number of fused-ring (bicyclic) bond motifs is 1. The van der Waals surface area contributed by atoms with Crippen molar-refractivity contribution in [2.45, 2.75) is 212 Å². The Morgan fingerprint density at radius 2 is 1.17 bits per heavy atom. The van der Waals surface area contributed by atoms with Gasteiger partial charge in [0, 0.05) is 20.0 Å². The highest BCUT2D eigenvalue weighted by Crippen LogP contribution is 2.24. The van der Waals surface area contributed by atoms with Crippen LogP contribution in [0.2, 0.25) is 0 Å². The molecule has 0 aromatic carbocycles. The van der Waals surface area contributed by atoms with Crippen LogP contribution in [0.3, 0.4) is 0 Å². The first-order chi connectivity index (χ1) is 38.5. The van der Waals surface area contributed by atoms with Crippen molar-refractivity contribution in [1.29, 1.82) is 0 Å². The Bertz CT molecular complexity index is 2380. The molecule has 0 bridgehead atoms. The number of carbonyl (C=O) groups is 13. The number of aliphatic hydroxyl groups is 2. The lowest BCUT2D eigenvalue weighted by atomic mass is 9.90. The van der Waals surface area contributed by atoms with Crippen molar-refractivity contribution in [3.63, 3.8) is 0 Å². The van der Waals surface area contributed by atoms with Gasteiger partial charge in [-0.2, -0.15) is 0 Å². The largest absolute Gasteiger partial charge is 0.391 e. The van der Waals surface area contributed by atoms with Crippen LogP contribution in [0.5, 0.6) is 0 Å². The van der Waals surface area contributed by atoms with E-state index in [-0.39, 0.29) is 19.4 Å². The number of aliphatic hydroxyl groups excluding tert-OH is 2. The van der Waals surface area contributed by atoms with Gasteiger partial charge in [-0.25, -0.2) is 0 Å². The molecular formula is C54H89N13O15. The minimum Gasteiger partial charge on any atom is -0.391 e. The van der Waals surface area contributed by atoms with E-state index in [0.717, 1.165) is 81.7 Å². The molecular weight excluding hydrogens is 1070 g/mol. The van der Waals surface area contributed by atoms with Crippen molar-refractivity contribution in [3.8, 4) is 0 Å². The molecule has 2 fully saturated rings. The highest BCUT2D eigenvalue weighted by atomic mass is 16.3. The predicted octanol–water partition coefficient (Wildman–Crippen LogP) is -2.63. The Labute approximate surface area is 478 Å². The first-order valence-corrected chi connectivity index (χ1v) is 28.1. The van der Waals surface area contributed by atoms with Crippen molar-refractivity contribution in [1.82, 2.24) is 52.3 Å². The van der Waals surface area contributed by atoms with E-state index in [1.165, 1.54) is 19.9 Å². The van der Waals surface area contributed by atoms with E-state index in [2.05, 4.69) is 49.5 Å². The molecule has 0 saturated carbocycles. The van der Waals surface area contributed by atoms with Gasteiger partial charge < -0.3 is 79.7 Å². The van der Waals surface area contributed by atoms with Crippen molar-refractivity contribution >= 4 is 76.8 Å². The number of unbranched alkanes of at least 4 members (excludes halogenated alkanes) is 7. The molecule has 0 spiro atoms. The number of nitrogens with zero attached hydrogens (tertiary/aromatic N) is 2. The summed E-state index contributed by atoms with van der Waals surface area (Å²) in [6.45, 7) is 11.8. The van der Waals surface area contributed by atoms with Crippen LogP contribution in [0.1, 0.15) is 152 Å².